The van der Waals surface area contributed by atoms with Gasteiger partial charge < -0.3 is 20.0 Å². The Morgan fingerprint density at radius 3 is 2.61 bits per heavy atom. The Morgan fingerprint density at radius 2 is 1.96 bits per heavy atom. The number of nitrogens with zero attached hydrogens (tertiary/aromatic N) is 5. The summed E-state index contributed by atoms with van der Waals surface area (Å²) in [5.41, 5.74) is 1.76. The van der Waals surface area contributed by atoms with Crippen LogP contribution in [-0.2, 0) is 13.1 Å². The first kappa shape index (κ1) is 20.1. The number of pyridine rings is 1. The smallest absolute Gasteiger partial charge is 0.194 e. The van der Waals surface area contributed by atoms with Gasteiger partial charge in [0.05, 0.1) is 0 Å². The first-order valence-electron chi connectivity index (χ1n) is 9.60. The Balaban J connectivity index is 1.56. The quantitative estimate of drug-likeness (QED) is 0.633. The van der Waals surface area contributed by atoms with E-state index in [0.29, 0.717) is 18.7 Å². The van der Waals surface area contributed by atoms with Gasteiger partial charge in [-0.15, -0.1) is 0 Å². The fourth-order valence-corrected chi connectivity index (χ4v) is 3.40. The minimum absolute atomic E-state index is 0.160. The topological polar surface area (TPSA) is 47.0 Å². The van der Waals surface area contributed by atoms with Gasteiger partial charge in [-0.05, 0) is 43.9 Å². The Kier molecular flexibility index (Phi) is 6.81. The maximum atomic E-state index is 14.0. The molecule has 0 spiro atoms. The van der Waals surface area contributed by atoms with Crippen molar-refractivity contribution in [2.75, 3.05) is 52.2 Å². The van der Waals surface area contributed by atoms with Crippen molar-refractivity contribution in [3.63, 3.8) is 0 Å². The van der Waals surface area contributed by atoms with Gasteiger partial charge in [0.15, 0.2) is 5.96 Å². The molecule has 2 heterocycles. The summed E-state index contributed by atoms with van der Waals surface area (Å²) in [6.45, 7) is 4.78. The van der Waals surface area contributed by atoms with E-state index in [1.807, 2.05) is 55.5 Å². The van der Waals surface area contributed by atoms with Crippen LogP contribution in [0, 0.1) is 5.82 Å². The van der Waals surface area contributed by atoms with Gasteiger partial charge in [-0.3, -0.25) is 4.99 Å². The first-order valence-corrected chi connectivity index (χ1v) is 9.60. The van der Waals surface area contributed by atoms with Gasteiger partial charge in [0, 0.05) is 58.1 Å². The third-order valence-corrected chi connectivity index (χ3v) is 4.81. The van der Waals surface area contributed by atoms with Crippen molar-refractivity contribution in [3.05, 3.63) is 59.5 Å². The van der Waals surface area contributed by atoms with Crippen LogP contribution in [-0.4, -0.2) is 68.1 Å². The van der Waals surface area contributed by atoms with E-state index in [-0.39, 0.29) is 5.82 Å². The van der Waals surface area contributed by atoms with Crippen LogP contribution in [0.15, 0.2) is 47.6 Å². The van der Waals surface area contributed by atoms with E-state index in [2.05, 4.69) is 25.1 Å². The number of guanidine groups is 1. The number of halogens is 1. The number of hydrogen-bond donors (Lipinski definition) is 1. The van der Waals surface area contributed by atoms with E-state index in [4.69, 9.17) is 0 Å². The van der Waals surface area contributed by atoms with Crippen LogP contribution in [0.4, 0.5) is 10.2 Å². The van der Waals surface area contributed by atoms with Gasteiger partial charge in [0.25, 0.3) is 0 Å². The van der Waals surface area contributed by atoms with Crippen LogP contribution in [0.2, 0.25) is 0 Å². The van der Waals surface area contributed by atoms with E-state index in [1.165, 1.54) is 0 Å². The van der Waals surface area contributed by atoms with Gasteiger partial charge in [0.2, 0.25) is 0 Å². The van der Waals surface area contributed by atoms with Crippen molar-refractivity contribution in [1.29, 1.82) is 0 Å². The predicted octanol–water partition coefficient (Wildman–Crippen LogP) is 2.18. The summed E-state index contributed by atoms with van der Waals surface area (Å²) < 4.78 is 14.0. The molecule has 1 N–H and O–H groups in total. The maximum Gasteiger partial charge on any atom is 0.194 e. The minimum Gasteiger partial charge on any atom is -0.353 e. The van der Waals surface area contributed by atoms with Crippen molar-refractivity contribution >= 4 is 11.8 Å². The summed E-state index contributed by atoms with van der Waals surface area (Å²) in [6.07, 6.45) is 1.83. The molecule has 0 aliphatic carbocycles. The Morgan fingerprint density at radius 1 is 1.18 bits per heavy atom. The molecule has 0 radical (unpaired) electrons. The van der Waals surface area contributed by atoms with Gasteiger partial charge in [-0.25, -0.2) is 9.37 Å². The summed E-state index contributed by atoms with van der Waals surface area (Å²) in [4.78, 5) is 15.4. The molecule has 1 fully saturated rings. The van der Waals surface area contributed by atoms with Gasteiger partial charge in [-0.2, -0.15) is 0 Å². The van der Waals surface area contributed by atoms with E-state index >= 15 is 0 Å². The van der Waals surface area contributed by atoms with Crippen molar-refractivity contribution < 1.29 is 4.39 Å². The summed E-state index contributed by atoms with van der Waals surface area (Å²) in [7, 11) is 5.68. The Hall–Kier alpha value is -2.67. The van der Waals surface area contributed by atoms with Gasteiger partial charge in [-0.1, -0.05) is 12.1 Å². The Bertz CT molecular complexity index is 785. The SMILES string of the molecule is CN=C(NCc1ccc(F)c(CN(C)C)c1)N1CCN(c2ccccn2)CC1. The second-order valence-corrected chi connectivity index (χ2v) is 7.23. The highest BCUT2D eigenvalue weighted by Crippen LogP contribution is 2.14. The fourth-order valence-electron chi connectivity index (χ4n) is 3.40. The highest BCUT2D eigenvalue weighted by atomic mass is 19.1. The van der Waals surface area contributed by atoms with E-state index in [1.54, 1.807) is 13.1 Å². The molecule has 0 bridgehead atoms. The number of benzene rings is 1. The molecule has 2 aromatic rings. The molecule has 7 heteroatoms. The van der Waals surface area contributed by atoms with E-state index < -0.39 is 0 Å². The molecule has 1 saturated heterocycles. The number of nitrogens with one attached hydrogen (secondary N) is 1. The number of aromatic nitrogens is 1. The Labute approximate surface area is 166 Å². The summed E-state index contributed by atoms with van der Waals surface area (Å²) in [5, 5.41) is 3.42. The van der Waals surface area contributed by atoms with Crippen molar-refractivity contribution in [3.8, 4) is 0 Å². The molecule has 0 amide bonds. The molecule has 1 aliphatic rings. The molecule has 0 saturated carbocycles. The number of piperazine rings is 1. The lowest BCUT2D eigenvalue weighted by atomic mass is 10.1. The van der Waals surface area contributed by atoms with E-state index in [0.717, 1.165) is 43.5 Å². The summed E-state index contributed by atoms with van der Waals surface area (Å²) in [6, 6.07) is 11.3. The van der Waals surface area contributed by atoms with Gasteiger partial charge >= 0.3 is 0 Å². The summed E-state index contributed by atoms with van der Waals surface area (Å²) >= 11 is 0. The first-order chi connectivity index (χ1) is 13.6. The van der Waals surface area contributed by atoms with Gasteiger partial charge in [0.1, 0.15) is 11.6 Å². The van der Waals surface area contributed by atoms with Crippen LogP contribution < -0.4 is 10.2 Å². The second-order valence-electron chi connectivity index (χ2n) is 7.23. The molecule has 1 aromatic carbocycles. The van der Waals surface area contributed by atoms with Crippen molar-refractivity contribution in [2.45, 2.75) is 13.1 Å². The van der Waals surface area contributed by atoms with Crippen molar-refractivity contribution in [1.82, 2.24) is 20.1 Å². The largest absolute Gasteiger partial charge is 0.353 e. The molecule has 28 heavy (non-hydrogen) atoms. The fraction of sp³-hybridized carbons (Fsp3) is 0.429. The average molecular weight is 385 g/mol. The van der Waals surface area contributed by atoms with Crippen LogP contribution in [0.25, 0.3) is 0 Å². The van der Waals surface area contributed by atoms with E-state index in [9.17, 15) is 4.39 Å². The standard InChI is InChI=1S/C21H29FN6/c1-23-21(25-15-17-7-8-19(22)18(14-17)16-26(2)3)28-12-10-27(11-13-28)20-6-4-5-9-24-20/h4-9,14H,10-13,15-16H2,1-3H3,(H,23,25). The van der Waals surface area contributed by atoms with Crippen LogP contribution in [0.5, 0.6) is 0 Å². The average Bonchev–Trinajstić information content (AvgIpc) is 2.71. The van der Waals surface area contributed by atoms with Crippen molar-refractivity contribution in [2.24, 2.45) is 4.99 Å². The number of rotatable bonds is 5. The zero-order valence-electron chi connectivity index (χ0n) is 16.9. The third kappa shape index (κ3) is 5.19. The molecule has 1 aromatic heterocycles. The molecular formula is C21H29FN6. The predicted molar refractivity (Wildman–Crippen MR) is 112 cm³/mol. The minimum atomic E-state index is -0.160. The molecule has 1 aliphatic heterocycles. The molecule has 3 rings (SSSR count). The van der Waals surface area contributed by atoms with Crippen LogP contribution in [0.3, 0.4) is 0 Å². The molecule has 0 unspecified atom stereocenters. The number of anilines is 1. The highest BCUT2D eigenvalue weighted by Gasteiger charge is 2.20. The lowest BCUT2D eigenvalue weighted by Crippen LogP contribution is -2.52. The maximum absolute atomic E-state index is 14.0. The highest BCUT2D eigenvalue weighted by molar-refractivity contribution is 5.80. The molecule has 150 valence electrons. The lowest BCUT2D eigenvalue weighted by molar-refractivity contribution is 0.371. The monoisotopic (exact) mass is 384 g/mol. The van der Waals surface area contributed by atoms with Crippen LogP contribution >= 0.6 is 0 Å². The molecule has 6 nitrogen and oxygen atoms in total. The molecule has 0 atom stereocenters. The zero-order valence-corrected chi connectivity index (χ0v) is 16.9. The number of hydrogen-bond acceptors (Lipinski definition) is 4. The summed E-state index contributed by atoms with van der Waals surface area (Å²) in [5.74, 6) is 1.73. The lowest BCUT2D eigenvalue weighted by Gasteiger charge is -2.37. The zero-order chi connectivity index (χ0) is 19.9. The third-order valence-electron chi connectivity index (χ3n) is 4.81. The number of aliphatic imine (C=N–C) groups is 1. The second kappa shape index (κ2) is 9.50. The normalized spacial score (nSPS) is 15.2. The molecular weight excluding hydrogens is 355 g/mol. The van der Waals surface area contributed by atoms with Crippen LogP contribution in [0.1, 0.15) is 11.1 Å².